The molecule has 0 atom stereocenters. The van der Waals surface area contributed by atoms with Gasteiger partial charge < -0.3 is 16.0 Å². The van der Waals surface area contributed by atoms with Crippen molar-refractivity contribution < 1.29 is 9.59 Å². The number of aryl methyl sites for hydroxylation is 1. The highest BCUT2D eigenvalue weighted by Gasteiger charge is 2.12. The van der Waals surface area contributed by atoms with Gasteiger partial charge in [0.15, 0.2) is 5.11 Å². The van der Waals surface area contributed by atoms with Crippen molar-refractivity contribution in [2.24, 2.45) is 0 Å². The third kappa shape index (κ3) is 7.35. The predicted octanol–water partition coefficient (Wildman–Crippen LogP) is 4.10. The van der Waals surface area contributed by atoms with Gasteiger partial charge >= 0.3 is 0 Å². The van der Waals surface area contributed by atoms with Crippen LogP contribution >= 0.6 is 12.2 Å². The van der Waals surface area contributed by atoms with Gasteiger partial charge in [0.05, 0.1) is 11.3 Å². The van der Waals surface area contributed by atoms with Crippen LogP contribution in [0.5, 0.6) is 0 Å². The van der Waals surface area contributed by atoms with Crippen LogP contribution in [0, 0.1) is 0 Å². The fourth-order valence-corrected chi connectivity index (χ4v) is 3.32. The Morgan fingerprint density at radius 3 is 2.00 bits per heavy atom. The van der Waals surface area contributed by atoms with Crippen LogP contribution in [-0.4, -0.2) is 23.5 Å². The number of nitrogens with one attached hydrogen (secondary N) is 3. The van der Waals surface area contributed by atoms with E-state index in [9.17, 15) is 9.59 Å². The molecule has 0 unspecified atom stereocenters. The molecule has 0 aliphatic heterocycles. The molecular weight excluding hydrogens is 406 g/mol. The number of thiocarbonyl (C=S) groups is 1. The predicted molar refractivity (Wildman–Crippen MR) is 128 cm³/mol. The Morgan fingerprint density at radius 1 is 0.742 bits per heavy atom. The van der Waals surface area contributed by atoms with Crippen molar-refractivity contribution in [2.75, 3.05) is 11.9 Å². The monoisotopic (exact) mass is 431 g/mol. The number of carbonyl (C=O) groups is 2. The number of anilines is 1. The van der Waals surface area contributed by atoms with E-state index in [2.05, 4.69) is 16.0 Å². The van der Waals surface area contributed by atoms with Crippen molar-refractivity contribution in [2.45, 2.75) is 19.3 Å². The van der Waals surface area contributed by atoms with Gasteiger partial charge in [-0.1, -0.05) is 72.8 Å². The second-order valence-electron chi connectivity index (χ2n) is 7.02. The lowest BCUT2D eigenvalue weighted by Crippen LogP contribution is -2.35. The Balaban J connectivity index is 1.50. The molecule has 0 aromatic heterocycles. The Bertz CT molecular complexity index is 1020. The Morgan fingerprint density at radius 2 is 1.32 bits per heavy atom. The summed E-state index contributed by atoms with van der Waals surface area (Å²) in [7, 11) is 0. The topological polar surface area (TPSA) is 70.2 Å². The van der Waals surface area contributed by atoms with Gasteiger partial charge in [-0.15, -0.1) is 0 Å². The number of carbonyl (C=O) groups excluding carboxylic acids is 2. The lowest BCUT2D eigenvalue weighted by atomic mass is 10.1. The van der Waals surface area contributed by atoms with E-state index in [0.717, 1.165) is 17.5 Å². The van der Waals surface area contributed by atoms with E-state index in [1.807, 2.05) is 66.7 Å². The molecule has 31 heavy (non-hydrogen) atoms. The zero-order valence-electron chi connectivity index (χ0n) is 17.1. The standard InChI is InChI=1S/C25H25N3O2S/c29-23(16-15-19-9-3-1-4-10-19)28-25(31)27-22-14-8-7-13-21(22)24(30)26-18-17-20-11-5-2-6-12-20/h1-14H,15-18H2,(H,26,30)(H2,27,28,29,31). The minimum Gasteiger partial charge on any atom is -0.352 e. The largest absolute Gasteiger partial charge is 0.352 e. The van der Waals surface area contributed by atoms with E-state index >= 15 is 0 Å². The summed E-state index contributed by atoms with van der Waals surface area (Å²) in [6.07, 6.45) is 1.71. The van der Waals surface area contributed by atoms with Crippen LogP contribution in [-0.2, 0) is 17.6 Å². The number of amides is 2. The van der Waals surface area contributed by atoms with Gasteiger partial charge in [-0.25, -0.2) is 0 Å². The summed E-state index contributed by atoms with van der Waals surface area (Å²) in [6, 6.07) is 26.9. The third-order valence-corrected chi connectivity index (χ3v) is 4.90. The van der Waals surface area contributed by atoms with Gasteiger partial charge in [0, 0.05) is 13.0 Å². The number of benzene rings is 3. The van der Waals surface area contributed by atoms with Crippen LogP contribution in [0.25, 0.3) is 0 Å². The molecular formula is C25H25N3O2S. The molecule has 0 aliphatic rings. The molecule has 3 aromatic rings. The fraction of sp³-hybridized carbons (Fsp3) is 0.160. The maximum absolute atomic E-state index is 12.6. The molecule has 5 nitrogen and oxygen atoms in total. The minimum absolute atomic E-state index is 0.169. The molecule has 158 valence electrons. The van der Waals surface area contributed by atoms with E-state index in [4.69, 9.17) is 12.2 Å². The van der Waals surface area contributed by atoms with Gasteiger partial charge in [-0.05, 0) is 48.3 Å². The zero-order valence-corrected chi connectivity index (χ0v) is 18.0. The van der Waals surface area contributed by atoms with Gasteiger partial charge in [-0.3, -0.25) is 9.59 Å². The van der Waals surface area contributed by atoms with Crippen LogP contribution in [0.1, 0.15) is 27.9 Å². The van der Waals surface area contributed by atoms with Crippen LogP contribution in [0.4, 0.5) is 5.69 Å². The normalized spacial score (nSPS) is 10.2. The highest BCUT2D eigenvalue weighted by Crippen LogP contribution is 2.15. The number of hydrogen-bond acceptors (Lipinski definition) is 3. The molecule has 3 aromatic carbocycles. The van der Waals surface area contributed by atoms with Crippen molar-refractivity contribution in [3.8, 4) is 0 Å². The molecule has 0 fully saturated rings. The van der Waals surface area contributed by atoms with Crippen molar-refractivity contribution >= 4 is 34.8 Å². The molecule has 0 radical (unpaired) electrons. The van der Waals surface area contributed by atoms with E-state index in [-0.39, 0.29) is 16.9 Å². The molecule has 0 saturated carbocycles. The summed E-state index contributed by atoms with van der Waals surface area (Å²) in [5, 5.41) is 8.75. The molecule has 0 heterocycles. The smallest absolute Gasteiger partial charge is 0.253 e. The Labute approximate surface area is 187 Å². The van der Waals surface area contributed by atoms with Crippen molar-refractivity contribution in [1.82, 2.24) is 10.6 Å². The maximum Gasteiger partial charge on any atom is 0.253 e. The SMILES string of the molecule is O=C(CCc1ccccc1)NC(=S)Nc1ccccc1C(=O)NCCc1ccccc1. The molecule has 0 saturated heterocycles. The van der Waals surface area contributed by atoms with Gasteiger partial charge in [0.25, 0.3) is 5.91 Å². The average molecular weight is 432 g/mol. The van der Waals surface area contributed by atoms with Crippen LogP contribution in [0.3, 0.4) is 0 Å². The van der Waals surface area contributed by atoms with E-state index in [0.29, 0.717) is 30.6 Å². The molecule has 0 aliphatic carbocycles. The number of para-hydroxylation sites is 1. The van der Waals surface area contributed by atoms with Gasteiger partial charge in [0.1, 0.15) is 0 Å². The molecule has 6 heteroatoms. The summed E-state index contributed by atoms with van der Waals surface area (Å²) < 4.78 is 0. The lowest BCUT2D eigenvalue weighted by Gasteiger charge is -2.13. The first-order chi connectivity index (χ1) is 15.1. The molecule has 3 N–H and O–H groups in total. The van der Waals surface area contributed by atoms with E-state index < -0.39 is 0 Å². The first-order valence-electron chi connectivity index (χ1n) is 10.2. The Kier molecular flexibility index (Phi) is 8.31. The van der Waals surface area contributed by atoms with Crippen LogP contribution in [0.15, 0.2) is 84.9 Å². The Hall–Kier alpha value is -3.51. The molecule has 3 rings (SSSR count). The summed E-state index contributed by atoms with van der Waals surface area (Å²) >= 11 is 5.27. The number of hydrogen-bond donors (Lipinski definition) is 3. The molecule has 2 amide bonds. The fourth-order valence-electron chi connectivity index (χ4n) is 3.10. The second-order valence-corrected chi connectivity index (χ2v) is 7.43. The summed E-state index contributed by atoms with van der Waals surface area (Å²) in [4.78, 5) is 24.8. The summed E-state index contributed by atoms with van der Waals surface area (Å²) in [5.74, 6) is -0.372. The first kappa shape index (κ1) is 22.2. The van der Waals surface area contributed by atoms with Gasteiger partial charge in [0.2, 0.25) is 5.91 Å². The van der Waals surface area contributed by atoms with Crippen molar-refractivity contribution in [3.63, 3.8) is 0 Å². The third-order valence-electron chi connectivity index (χ3n) is 4.70. The quantitative estimate of drug-likeness (QED) is 0.470. The van der Waals surface area contributed by atoms with Crippen LogP contribution in [0.2, 0.25) is 0 Å². The van der Waals surface area contributed by atoms with Gasteiger partial charge in [-0.2, -0.15) is 0 Å². The van der Waals surface area contributed by atoms with Crippen molar-refractivity contribution in [1.29, 1.82) is 0 Å². The maximum atomic E-state index is 12.6. The summed E-state index contributed by atoms with van der Waals surface area (Å²) in [5.41, 5.74) is 3.27. The zero-order chi connectivity index (χ0) is 21.9. The van der Waals surface area contributed by atoms with Crippen molar-refractivity contribution in [3.05, 3.63) is 102 Å². The summed E-state index contributed by atoms with van der Waals surface area (Å²) in [6.45, 7) is 0.526. The number of rotatable bonds is 8. The molecule has 0 bridgehead atoms. The van der Waals surface area contributed by atoms with E-state index in [1.54, 1.807) is 18.2 Å². The highest BCUT2D eigenvalue weighted by atomic mass is 32.1. The molecule has 0 spiro atoms. The lowest BCUT2D eigenvalue weighted by molar-refractivity contribution is -0.119. The first-order valence-corrected chi connectivity index (χ1v) is 10.6. The highest BCUT2D eigenvalue weighted by molar-refractivity contribution is 7.80. The van der Waals surface area contributed by atoms with Crippen LogP contribution < -0.4 is 16.0 Å². The average Bonchev–Trinajstić information content (AvgIpc) is 2.79. The van der Waals surface area contributed by atoms with E-state index in [1.165, 1.54) is 0 Å². The minimum atomic E-state index is -0.197. The second kappa shape index (κ2) is 11.6.